The first kappa shape index (κ1) is 12.7. The molecular formula is C13H18ClNO2. The van der Waals surface area contributed by atoms with Gasteiger partial charge in [0.25, 0.3) is 0 Å². The molecule has 1 fully saturated rings. The normalized spacial score (nSPS) is 22.5. The highest BCUT2D eigenvalue weighted by Crippen LogP contribution is 2.31. The van der Waals surface area contributed by atoms with E-state index in [1.807, 2.05) is 18.2 Å². The highest BCUT2D eigenvalue weighted by molar-refractivity contribution is 5.85. The Morgan fingerprint density at radius 2 is 2.18 bits per heavy atom. The standard InChI is InChI=1S/C13H17NO2.ClH/c15-13-7-14-6-10-3-4-11(5-12(10)13)16-8-9-1-2-9;/h3-5,9,13-15H,1-2,6-8H2;1H. The largest absolute Gasteiger partial charge is 0.493 e. The van der Waals surface area contributed by atoms with Crippen molar-refractivity contribution in [3.05, 3.63) is 29.3 Å². The fourth-order valence-electron chi connectivity index (χ4n) is 2.09. The second kappa shape index (κ2) is 5.25. The van der Waals surface area contributed by atoms with Gasteiger partial charge in [-0.25, -0.2) is 0 Å². The quantitative estimate of drug-likeness (QED) is 0.869. The molecule has 17 heavy (non-hydrogen) atoms. The third-order valence-corrected chi connectivity index (χ3v) is 3.31. The summed E-state index contributed by atoms with van der Waals surface area (Å²) in [6, 6.07) is 6.04. The highest BCUT2D eigenvalue weighted by atomic mass is 35.5. The topological polar surface area (TPSA) is 41.5 Å². The first-order valence-corrected chi connectivity index (χ1v) is 5.97. The number of β-amino-alcohol motifs (C(OH)–C–C–N with tert-alkyl or cyclic N) is 1. The molecule has 1 aromatic carbocycles. The number of aliphatic hydroxyl groups excluding tert-OH is 1. The minimum absolute atomic E-state index is 0. The molecular weight excluding hydrogens is 238 g/mol. The number of benzene rings is 1. The van der Waals surface area contributed by atoms with E-state index in [1.54, 1.807) is 0 Å². The number of hydrogen-bond donors (Lipinski definition) is 2. The van der Waals surface area contributed by atoms with Gasteiger partial charge in [-0.15, -0.1) is 12.4 Å². The summed E-state index contributed by atoms with van der Waals surface area (Å²) in [7, 11) is 0. The van der Waals surface area contributed by atoms with Crippen LogP contribution >= 0.6 is 12.4 Å². The van der Waals surface area contributed by atoms with Gasteiger partial charge in [-0.3, -0.25) is 0 Å². The molecule has 0 aromatic heterocycles. The van der Waals surface area contributed by atoms with Gasteiger partial charge in [-0.2, -0.15) is 0 Å². The summed E-state index contributed by atoms with van der Waals surface area (Å²) in [6.07, 6.45) is 2.21. The van der Waals surface area contributed by atoms with E-state index in [0.717, 1.165) is 30.4 Å². The summed E-state index contributed by atoms with van der Waals surface area (Å²) >= 11 is 0. The lowest BCUT2D eigenvalue weighted by molar-refractivity contribution is 0.164. The Kier molecular flexibility index (Phi) is 3.92. The molecule has 1 aliphatic carbocycles. The molecule has 4 heteroatoms. The minimum Gasteiger partial charge on any atom is -0.493 e. The zero-order chi connectivity index (χ0) is 11.0. The third-order valence-electron chi connectivity index (χ3n) is 3.31. The monoisotopic (exact) mass is 255 g/mol. The lowest BCUT2D eigenvalue weighted by Gasteiger charge is -2.23. The second-order valence-corrected chi connectivity index (χ2v) is 4.76. The Morgan fingerprint density at radius 3 is 2.94 bits per heavy atom. The molecule has 3 nitrogen and oxygen atoms in total. The average Bonchev–Trinajstić information content (AvgIpc) is 3.11. The van der Waals surface area contributed by atoms with Gasteiger partial charge >= 0.3 is 0 Å². The van der Waals surface area contributed by atoms with Crippen molar-refractivity contribution < 1.29 is 9.84 Å². The van der Waals surface area contributed by atoms with Crippen molar-refractivity contribution in [3.8, 4) is 5.75 Å². The van der Waals surface area contributed by atoms with Crippen LogP contribution in [0.25, 0.3) is 0 Å². The molecule has 0 bridgehead atoms. The third kappa shape index (κ3) is 2.92. The smallest absolute Gasteiger partial charge is 0.119 e. The van der Waals surface area contributed by atoms with Gasteiger partial charge in [0.1, 0.15) is 5.75 Å². The Balaban J connectivity index is 0.00000108. The Labute approximate surface area is 108 Å². The maximum Gasteiger partial charge on any atom is 0.119 e. The predicted octanol–water partition coefficient (Wildman–Crippen LogP) is 2.03. The summed E-state index contributed by atoms with van der Waals surface area (Å²) in [6.45, 7) is 2.31. The van der Waals surface area contributed by atoms with Crippen molar-refractivity contribution >= 4 is 12.4 Å². The minimum atomic E-state index is -0.395. The van der Waals surface area contributed by atoms with Crippen LogP contribution in [0.15, 0.2) is 18.2 Å². The zero-order valence-corrected chi connectivity index (χ0v) is 10.5. The van der Waals surface area contributed by atoms with Crippen LogP contribution in [0.1, 0.15) is 30.1 Å². The molecule has 0 radical (unpaired) electrons. The van der Waals surface area contributed by atoms with E-state index in [0.29, 0.717) is 6.54 Å². The predicted molar refractivity (Wildman–Crippen MR) is 68.6 cm³/mol. The van der Waals surface area contributed by atoms with Crippen molar-refractivity contribution in [2.24, 2.45) is 5.92 Å². The molecule has 1 heterocycles. The van der Waals surface area contributed by atoms with E-state index in [1.165, 1.54) is 18.4 Å². The van der Waals surface area contributed by atoms with E-state index in [9.17, 15) is 5.11 Å². The Morgan fingerprint density at radius 1 is 1.35 bits per heavy atom. The van der Waals surface area contributed by atoms with Crippen LogP contribution in [0.4, 0.5) is 0 Å². The molecule has 0 saturated heterocycles. The number of halogens is 1. The van der Waals surface area contributed by atoms with Crippen LogP contribution in [0.3, 0.4) is 0 Å². The second-order valence-electron chi connectivity index (χ2n) is 4.76. The molecule has 1 atom stereocenters. The van der Waals surface area contributed by atoms with Gasteiger partial charge in [-0.05, 0) is 42.0 Å². The van der Waals surface area contributed by atoms with E-state index < -0.39 is 6.10 Å². The van der Waals surface area contributed by atoms with Crippen molar-refractivity contribution in [1.82, 2.24) is 5.32 Å². The van der Waals surface area contributed by atoms with Crippen molar-refractivity contribution in [2.45, 2.75) is 25.5 Å². The Bertz CT molecular complexity index is 393. The SMILES string of the molecule is Cl.OC1CNCc2ccc(OCC3CC3)cc21. The van der Waals surface area contributed by atoms with Crippen LogP contribution in [0.5, 0.6) is 5.75 Å². The summed E-state index contributed by atoms with van der Waals surface area (Å²) < 4.78 is 5.71. The molecule has 3 rings (SSSR count). The van der Waals surface area contributed by atoms with Gasteiger partial charge < -0.3 is 15.2 Å². The van der Waals surface area contributed by atoms with Gasteiger partial charge in [0.2, 0.25) is 0 Å². The fourth-order valence-corrected chi connectivity index (χ4v) is 2.09. The maximum absolute atomic E-state index is 9.86. The molecule has 94 valence electrons. The summed E-state index contributed by atoms with van der Waals surface area (Å²) in [5.74, 6) is 1.66. The molecule has 1 aliphatic heterocycles. The van der Waals surface area contributed by atoms with E-state index in [2.05, 4.69) is 5.32 Å². The lowest BCUT2D eigenvalue weighted by Crippen LogP contribution is -2.27. The van der Waals surface area contributed by atoms with Gasteiger partial charge in [0, 0.05) is 13.1 Å². The van der Waals surface area contributed by atoms with Crippen LogP contribution < -0.4 is 10.1 Å². The number of ether oxygens (including phenoxy) is 1. The number of aliphatic hydroxyl groups is 1. The number of rotatable bonds is 3. The highest BCUT2D eigenvalue weighted by Gasteiger charge is 2.22. The van der Waals surface area contributed by atoms with Crippen LogP contribution in [-0.4, -0.2) is 18.3 Å². The molecule has 1 aromatic rings. The zero-order valence-electron chi connectivity index (χ0n) is 9.69. The molecule has 2 N–H and O–H groups in total. The van der Waals surface area contributed by atoms with Crippen LogP contribution in [-0.2, 0) is 6.54 Å². The van der Waals surface area contributed by atoms with E-state index in [-0.39, 0.29) is 12.4 Å². The first-order valence-electron chi connectivity index (χ1n) is 5.97. The average molecular weight is 256 g/mol. The van der Waals surface area contributed by atoms with Gasteiger partial charge in [-0.1, -0.05) is 6.07 Å². The van der Waals surface area contributed by atoms with Crippen molar-refractivity contribution in [1.29, 1.82) is 0 Å². The van der Waals surface area contributed by atoms with Crippen molar-refractivity contribution in [2.75, 3.05) is 13.2 Å². The molecule has 0 spiro atoms. The number of fused-ring (bicyclic) bond motifs is 1. The summed E-state index contributed by atoms with van der Waals surface area (Å²) in [5.41, 5.74) is 2.20. The fraction of sp³-hybridized carbons (Fsp3) is 0.538. The van der Waals surface area contributed by atoms with Crippen LogP contribution in [0.2, 0.25) is 0 Å². The van der Waals surface area contributed by atoms with Crippen LogP contribution in [0, 0.1) is 5.92 Å². The number of nitrogens with one attached hydrogen (secondary N) is 1. The van der Waals surface area contributed by atoms with E-state index >= 15 is 0 Å². The summed E-state index contributed by atoms with van der Waals surface area (Å²) in [5, 5.41) is 13.0. The molecule has 1 saturated carbocycles. The van der Waals surface area contributed by atoms with Gasteiger partial charge in [0.15, 0.2) is 0 Å². The maximum atomic E-state index is 9.86. The van der Waals surface area contributed by atoms with Gasteiger partial charge in [0.05, 0.1) is 12.7 Å². The first-order chi connectivity index (χ1) is 7.83. The molecule has 0 amide bonds. The lowest BCUT2D eigenvalue weighted by atomic mass is 9.98. The molecule has 1 unspecified atom stereocenters. The number of hydrogen-bond acceptors (Lipinski definition) is 3. The Hall–Kier alpha value is -0.770. The molecule has 2 aliphatic rings. The summed E-state index contributed by atoms with van der Waals surface area (Å²) in [4.78, 5) is 0. The van der Waals surface area contributed by atoms with E-state index in [4.69, 9.17) is 4.74 Å². The van der Waals surface area contributed by atoms with Crippen molar-refractivity contribution in [3.63, 3.8) is 0 Å².